The summed E-state index contributed by atoms with van der Waals surface area (Å²) >= 11 is 7.79. The molecule has 0 spiro atoms. The molecule has 0 bridgehead atoms. The molecule has 0 fully saturated rings. The monoisotopic (exact) mass is 371 g/mol. The maximum atomic E-state index is 12.5. The molecule has 4 nitrogen and oxygen atoms in total. The second kappa shape index (κ2) is 7.25. The van der Waals surface area contributed by atoms with E-state index in [2.05, 4.69) is 15.1 Å². The van der Waals surface area contributed by atoms with Gasteiger partial charge < -0.3 is 4.57 Å². The Balaban J connectivity index is 1.84. The fraction of sp³-hybridized carbons (Fsp3) is 0.158. The van der Waals surface area contributed by atoms with Crippen molar-refractivity contribution in [1.82, 2.24) is 9.99 Å². The van der Waals surface area contributed by atoms with Crippen molar-refractivity contribution in [2.45, 2.75) is 20.8 Å². The minimum absolute atomic E-state index is 0.334. The molecule has 0 aliphatic rings. The number of nitrogens with zero attached hydrogens (tertiary/aromatic N) is 2. The van der Waals surface area contributed by atoms with Crippen molar-refractivity contribution in [2.75, 3.05) is 0 Å². The molecule has 0 atom stereocenters. The van der Waals surface area contributed by atoms with Gasteiger partial charge in [-0.25, -0.2) is 5.43 Å². The molecule has 6 heteroatoms. The van der Waals surface area contributed by atoms with Gasteiger partial charge in [0.25, 0.3) is 5.91 Å². The van der Waals surface area contributed by atoms with E-state index in [1.54, 1.807) is 29.7 Å². The third-order valence-corrected chi connectivity index (χ3v) is 5.26. The molecule has 0 aliphatic carbocycles. The summed E-state index contributed by atoms with van der Waals surface area (Å²) < 4.78 is 2.07. The second-order valence-corrected chi connectivity index (χ2v) is 7.14. The number of carbonyl (C=O) groups excluding carboxylic acids is 1. The highest BCUT2D eigenvalue weighted by Gasteiger charge is 2.13. The lowest BCUT2D eigenvalue weighted by molar-refractivity contribution is 0.0955. The summed E-state index contributed by atoms with van der Waals surface area (Å²) in [5, 5.41) is 6.42. The van der Waals surface area contributed by atoms with Gasteiger partial charge in [0.2, 0.25) is 0 Å². The molecule has 0 aliphatic heterocycles. The largest absolute Gasteiger partial charge is 0.318 e. The molecule has 2 heterocycles. The zero-order chi connectivity index (χ0) is 18.0. The molecule has 2 aromatic heterocycles. The van der Waals surface area contributed by atoms with Crippen molar-refractivity contribution in [1.29, 1.82) is 0 Å². The fourth-order valence-corrected chi connectivity index (χ4v) is 3.62. The minimum atomic E-state index is -0.334. The summed E-state index contributed by atoms with van der Waals surface area (Å²) in [4.78, 5) is 13.5. The van der Waals surface area contributed by atoms with E-state index in [1.807, 2.05) is 50.4 Å². The fourth-order valence-electron chi connectivity index (χ4n) is 2.63. The maximum Gasteiger partial charge on any atom is 0.272 e. The Bertz CT molecular complexity index is 936. The van der Waals surface area contributed by atoms with Crippen LogP contribution in [0.1, 0.15) is 32.2 Å². The summed E-state index contributed by atoms with van der Waals surface area (Å²) in [6.07, 6.45) is 1.65. The summed E-state index contributed by atoms with van der Waals surface area (Å²) in [5.41, 5.74) is 7.16. The first kappa shape index (κ1) is 17.5. The lowest BCUT2D eigenvalue weighted by Crippen LogP contribution is -2.18. The first-order chi connectivity index (χ1) is 12.0. The van der Waals surface area contributed by atoms with Crippen LogP contribution in [0, 0.1) is 20.8 Å². The van der Waals surface area contributed by atoms with Gasteiger partial charge in [-0.15, -0.1) is 11.3 Å². The third-order valence-electron chi connectivity index (χ3n) is 3.97. The van der Waals surface area contributed by atoms with E-state index >= 15 is 0 Å². The number of halogens is 1. The Labute approximate surface area is 155 Å². The van der Waals surface area contributed by atoms with Crippen LogP contribution in [0.5, 0.6) is 0 Å². The van der Waals surface area contributed by atoms with Crippen LogP contribution in [-0.4, -0.2) is 16.7 Å². The lowest BCUT2D eigenvalue weighted by atomic mass is 10.2. The van der Waals surface area contributed by atoms with Crippen LogP contribution in [0.3, 0.4) is 0 Å². The molecule has 0 radical (unpaired) electrons. The average molecular weight is 372 g/mol. The molecule has 3 aromatic rings. The number of amides is 1. The van der Waals surface area contributed by atoms with Crippen molar-refractivity contribution >= 4 is 35.1 Å². The molecule has 0 saturated carbocycles. The van der Waals surface area contributed by atoms with E-state index in [1.165, 1.54) is 0 Å². The topological polar surface area (TPSA) is 46.4 Å². The number of rotatable bonds is 4. The first-order valence-corrected chi connectivity index (χ1v) is 9.05. The molecule has 1 N–H and O–H groups in total. The van der Waals surface area contributed by atoms with Crippen LogP contribution in [0.25, 0.3) is 5.69 Å². The van der Waals surface area contributed by atoms with E-state index in [-0.39, 0.29) is 5.91 Å². The molecular formula is C19H18ClN3OS. The third kappa shape index (κ3) is 3.67. The first-order valence-electron chi connectivity index (χ1n) is 7.79. The van der Waals surface area contributed by atoms with Crippen LogP contribution < -0.4 is 5.43 Å². The van der Waals surface area contributed by atoms with Crippen molar-refractivity contribution in [3.63, 3.8) is 0 Å². The minimum Gasteiger partial charge on any atom is -0.318 e. The number of hydrogen-bond acceptors (Lipinski definition) is 3. The van der Waals surface area contributed by atoms with E-state index in [9.17, 15) is 4.79 Å². The maximum absolute atomic E-state index is 12.5. The van der Waals surface area contributed by atoms with E-state index in [4.69, 9.17) is 11.6 Å². The summed E-state index contributed by atoms with van der Waals surface area (Å²) in [6, 6.07) is 11.5. The van der Waals surface area contributed by atoms with Crippen LogP contribution in [0.15, 0.2) is 46.9 Å². The average Bonchev–Trinajstić information content (AvgIpc) is 3.14. The SMILES string of the molecule is Cc1ccsc1C=NNC(=O)c1cc(-n2c(C)ccc2C)ccc1Cl. The number of benzene rings is 1. The summed E-state index contributed by atoms with van der Waals surface area (Å²) in [6.45, 7) is 6.05. The van der Waals surface area contributed by atoms with Gasteiger partial charge >= 0.3 is 0 Å². The Morgan fingerprint density at radius 2 is 1.88 bits per heavy atom. The summed E-state index contributed by atoms with van der Waals surface area (Å²) in [7, 11) is 0. The van der Waals surface area contributed by atoms with Crippen LogP contribution in [-0.2, 0) is 0 Å². The number of hydrazone groups is 1. The van der Waals surface area contributed by atoms with Crippen molar-refractivity contribution in [2.24, 2.45) is 5.10 Å². The standard InChI is InChI=1S/C19H18ClN3OS/c1-12-8-9-25-18(12)11-21-22-19(24)16-10-15(6-7-17(16)20)23-13(2)4-5-14(23)3/h4-11H,1-3H3,(H,22,24). The van der Waals surface area contributed by atoms with Crippen molar-refractivity contribution < 1.29 is 4.79 Å². The Hall–Kier alpha value is -2.37. The summed E-state index contributed by atoms with van der Waals surface area (Å²) in [5.74, 6) is -0.334. The van der Waals surface area contributed by atoms with Gasteiger partial charge in [0.05, 0.1) is 16.8 Å². The highest BCUT2D eigenvalue weighted by molar-refractivity contribution is 7.11. The number of nitrogens with one attached hydrogen (secondary N) is 1. The van der Waals surface area contributed by atoms with Gasteiger partial charge in [0.15, 0.2) is 0 Å². The predicted molar refractivity (Wildman–Crippen MR) is 104 cm³/mol. The molecule has 128 valence electrons. The lowest BCUT2D eigenvalue weighted by Gasteiger charge is -2.12. The van der Waals surface area contributed by atoms with Crippen LogP contribution >= 0.6 is 22.9 Å². The van der Waals surface area contributed by atoms with E-state index in [0.717, 1.165) is 27.5 Å². The zero-order valence-electron chi connectivity index (χ0n) is 14.2. The van der Waals surface area contributed by atoms with E-state index in [0.29, 0.717) is 10.6 Å². The number of aromatic nitrogens is 1. The predicted octanol–water partition coefficient (Wildman–Crippen LogP) is 4.88. The normalized spacial score (nSPS) is 11.2. The van der Waals surface area contributed by atoms with Gasteiger partial charge in [-0.1, -0.05) is 11.6 Å². The number of aryl methyl sites for hydroxylation is 3. The number of thiophene rings is 1. The van der Waals surface area contributed by atoms with Crippen LogP contribution in [0.4, 0.5) is 0 Å². The molecule has 0 unspecified atom stereocenters. The molecule has 0 saturated heterocycles. The Kier molecular flexibility index (Phi) is 5.06. The van der Waals surface area contributed by atoms with Gasteiger partial charge in [-0.3, -0.25) is 4.79 Å². The smallest absolute Gasteiger partial charge is 0.272 e. The van der Waals surface area contributed by atoms with E-state index < -0.39 is 0 Å². The van der Waals surface area contributed by atoms with Gasteiger partial charge in [-0.2, -0.15) is 5.10 Å². The van der Waals surface area contributed by atoms with Gasteiger partial charge in [0.1, 0.15) is 0 Å². The highest BCUT2D eigenvalue weighted by atomic mass is 35.5. The van der Waals surface area contributed by atoms with Crippen LogP contribution in [0.2, 0.25) is 5.02 Å². The van der Waals surface area contributed by atoms with Gasteiger partial charge in [0, 0.05) is 22.0 Å². The Morgan fingerprint density at radius 1 is 1.16 bits per heavy atom. The second-order valence-electron chi connectivity index (χ2n) is 5.78. The molecule has 1 aromatic carbocycles. The highest BCUT2D eigenvalue weighted by Crippen LogP contribution is 2.23. The van der Waals surface area contributed by atoms with Crippen molar-refractivity contribution in [3.05, 3.63) is 74.2 Å². The number of carbonyl (C=O) groups is 1. The quantitative estimate of drug-likeness (QED) is 0.515. The molecule has 25 heavy (non-hydrogen) atoms. The molecular weight excluding hydrogens is 354 g/mol. The molecule has 3 rings (SSSR count). The van der Waals surface area contributed by atoms with Gasteiger partial charge in [-0.05, 0) is 68.1 Å². The van der Waals surface area contributed by atoms with Crippen molar-refractivity contribution in [3.8, 4) is 5.69 Å². The number of hydrogen-bond donors (Lipinski definition) is 1. The zero-order valence-corrected chi connectivity index (χ0v) is 15.8. The molecule has 1 amide bonds. The Morgan fingerprint density at radius 3 is 2.52 bits per heavy atom.